The minimum absolute atomic E-state index is 0.438. The summed E-state index contributed by atoms with van der Waals surface area (Å²) in [6.45, 7) is 2.13. The Kier molecular flexibility index (Phi) is 6.24. The zero-order valence-corrected chi connectivity index (χ0v) is 8.24. The standard InChI is InChI=1S/C9H21NO3/c1-2-3-4-5-6-7-8(10)9(11,12)13/h8,11-13H,2-7,10H2,1H3. The molecule has 0 aromatic heterocycles. The molecule has 0 spiro atoms. The second-order valence-electron chi connectivity index (χ2n) is 3.50. The molecule has 0 saturated carbocycles. The van der Waals surface area contributed by atoms with Crippen molar-refractivity contribution in [2.75, 3.05) is 0 Å². The predicted octanol–water partition coefficient (Wildman–Crippen LogP) is 0.305. The molecule has 0 fully saturated rings. The van der Waals surface area contributed by atoms with Crippen molar-refractivity contribution in [1.29, 1.82) is 0 Å². The van der Waals surface area contributed by atoms with Gasteiger partial charge in [-0.1, -0.05) is 39.0 Å². The summed E-state index contributed by atoms with van der Waals surface area (Å²) in [5, 5.41) is 26.0. The Balaban J connectivity index is 3.32. The molecule has 80 valence electrons. The summed E-state index contributed by atoms with van der Waals surface area (Å²) < 4.78 is 0. The molecule has 0 rings (SSSR count). The van der Waals surface area contributed by atoms with Crippen molar-refractivity contribution in [3.05, 3.63) is 0 Å². The smallest absolute Gasteiger partial charge is 0.291 e. The van der Waals surface area contributed by atoms with Crippen LogP contribution in [0.5, 0.6) is 0 Å². The molecule has 4 heteroatoms. The molecule has 1 unspecified atom stereocenters. The Morgan fingerprint density at radius 1 is 1.08 bits per heavy atom. The molecule has 0 aliphatic heterocycles. The second kappa shape index (κ2) is 6.32. The predicted molar refractivity (Wildman–Crippen MR) is 50.7 cm³/mol. The molecule has 0 heterocycles. The van der Waals surface area contributed by atoms with Crippen molar-refractivity contribution in [3.63, 3.8) is 0 Å². The summed E-state index contributed by atoms with van der Waals surface area (Å²) >= 11 is 0. The highest BCUT2D eigenvalue weighted by atomic mass is 16.7. The third-order valence-electron chi connectivity index (χ3n) is 2.12. The summed E-state index contributed by atoms with van der Waals surface area (Å²) in [5.74, 6) is -2.72. The van der Waals surface area contributed by atoms with E-state index in [1.54, 1.807) is 0 Å². The first-order chi connectivity index (χ1) is 5.98. The fourth-order valence-corrected chi connectivity index (χ4v) is 1.16. The molecular weight excluding hydrogens is 170 g/mol. The molecule has 0 saturated heterocycles. The van der Waals surface area contributed by atoms with Crippen LogP contribution < -0.4 is 5.73 Å². The number of hydrogen-bond acceptors (Lipinski definition) is 4. The summed E-state index contributed by atoms with van der Waals surface area (Å²) in [6.07, 6.45) is 5.79. The highest BCUT2D eigenvalue weighted by Gasteiger charge is 2.27. The lowest BCUT2D eigenvalue weighted by Crippen LogP contribution is -2.47. The minimum Gasteiger partial charge on any atom is -0.342 e. The molecule has 13 heavy (non-hydrogen) atoms. The maximum Gasteiger partial charge on any atom is 0.291 e. The van der Waals surface area contributed by atoms with Gasteiger partial charge in [-0.25, -0.2) is 0 Å². The normalized spacial score (nSPS) is 14.5. The van der Waals surface area contributed by atoms with Crippen LogP contribution in [0.4, 0.5) is 0 Å². The maximum atomic E-state index is 8.67. The Morgan fingerprint density at radius 3 is 2.08 bits per heavy atom. The van der Waals surface area contributed by atoms with E-state index in [9.17, 15) is 0 Å². The van der Waals surface area contributed by atoms with E-state index >= 15 is 0 Å². The minimum atomic E-state index is -2.72. The highest BCUT2D eigenvalue weighted by molar-refractivity contribution is 4.68. The zero-order valence-electron chi connectivity index (χ0n) is 8.24. The largest absolute Gasteiger partial charge is 0.342 e. The van der Waals surface area contributed by atoms with Crippen LogP contribution in [0.15, 0.2) is 0 Å². The van der Waals surface area contributed by atoms with Gasteiger partial charge >= 0.3 is 0 Å². The Hall–Kier alpha value is -0.160. The van der Waals surface area contributed by atoms with Gasteiger partial charge < -0.3 is 21.1 Å². The molecule has 0 aromatic rings. The van der Waals surface area contributed by atoms with E-state index in [2.05, 4.69) is 6.92 Å². The number of rotatable bonds is 7. The number of aliphatic hydroxyl groups is 3. The number of unbranched alkanes of at least 4 members (excludes halogenated alkanes) is 4. The van der Waals surface area contributed by atoms with Crippen molar-refractivity contribution in [1.82, 2.24) is 0 Å². The second-order valence-corrected chi connectivity index (χ2v) is 3.50. The van der Waals surface area contributed by atoms with E-state index in [0.717, 1.165) is 19.3 Å². The molecule has 0 bridgehead atoms. The third kappa shape index (κ3) is 6.95. The lowest BCUT2D eigenvalue weighted by atomic mass is 10.1. The molecule has 0 aromatic carbocycles. The van der Waals surface area contributed by atoms with Gasteiger partial charge in [-0.15, -0.1) is 0 Å². The lowest BCUT2D eigenvalue weighted by Gasteiger charge is -2.21. The van der Waals surface area contributed by atoms with Gasteiger partial charge in [0.25, 0.3) is 5.97 Å². The zero-order chi connectivity index (χ0) is 10.3. The summed E-state index contributed by atoms with van der Waals surface area (Å²) in [7, 11) is 0. The van der Waals surface area contributed by atoms with Crippen LogP contribution in [0.2, 0.25) is 0 Å². The molecule has 4 nitrogen and oxygen atoms in total. The summed E-state index contributed by atoms with van der Waals surface area (Å²) in [4.78, 5) is 0. The molecule has 5 N–H and O–H groups in total. The molecule has 0 aliphatic rings. The van der Waals surface area contributed by atoms with Crippen LogP contribution in [0.3, 0.4) is 0 Å². The van der Waals surface area contributed by atoms with Gasteiger partial charge in [-0.05, 0) is 6.42 Å². The third-order valence-corrected chi connectivity index (χ3v) is 2.12. The molecule has 0 radical (unpaired) electrons. The molecular formula is C9H21NO3. The van der Waals surface area contributed by atoms with Gasteiger partial charge in [0.05, 0.1) is 6.04 Å². The van der Waals surface area contributed by atoms with Gasteiger partial charge in [-0.3, -0.25) is 0 Å². The fraction of sp³-hybridized carbons (Fsp3) is 1.00. The van der Waals surface area contributed by atoms with Crippen LogP contribution >= 0.6 is 0 Å². The van der Waals surface area contributed by atoms with E-state index in [4.69, 9.17) is 21.1 Å². The van der Waals surface area contributed by atoms with Crippen LogP contribution in [0.1, 0.15) is 45.4 Å². The van der Waals surface area contributed by atoms with Gasteiger partial charge in [0.15, 0.2) is 0 Å². The van der Waals surface area contributed by atoms with E-state index in [1.807, 2.05) is 0 Å². The average Bonchev–Trinajstić information content (AvgIpc) is 2.02. The highest BCUT2D eigenvalue weighted by Crippen LogP contribution is 2.10. The number of hydrogen-bond donors (Lipinski definition) is 4. The van der Waals surface area contributed by atoms with Crippen LogP contribution in [0.25, 0.3) is 0 Å². The van der Waals surface area contributed by atoms with Crippen molar-refractivity contribution in [2.45, 2.75) is 57.5 Å². The monoisotopic (exact) mass is 191 g/mol. The van der Waals surface area contributed by atoms with Crippen LogP contribution in [-0.2, 0) is 0 Å². The van der Waals surface area contributed by atoms with E-state index in [-0.39, 0.29) is 0 Å². The van der Waals surface area contributed by atoms with Crippen molar-refractivity contribution in [2.24, 2.45) is 5.73 Å². The molecule has 0 aliphatic carbocycles. The van der Waals surface area contributed by atoms with E-state index in [1.165, 1.54) is 12.8 Å². The Bertz CT molecular complexity index is 123. The first-order valence-corrected chi connectivity index (χ1v) is 4.91. The number of nitrogens with two attached hydrogens (primary N) is 1. The summed E-state index contributed by atoms with van der Waals surface area (Å²) in [5.41, 5.74) is 5.32. The molecule has 1 atom stereocenters. The van der Waals surface area contributed by atoms with Crippen molar-refractivity contribution < 1.29 is 15.3 Å². The van der Waals surface area contributed by atoms with Crippen molar-refractivity contribution >= 4 is 0 Å². The fourth-order valence-electron chi connectivity index (χ4n) is 1.16. The van der Waals surface area contributed by atoms with E-state index in [0.29, 0.717) is 6.42 Å². The van der Waals surface area contributed by atoms with Gasteiger partial charge in [-0.2, -0.15) is 0 Å². The van der Waals surface area contributed by atoms with Gasteiger partial charge in [0, 0.05) is 0 Å². The Morgan fingerprint density at radius 2 is 1.62 bits per heavy atom. The van der Waals surface area contributed by atoms with Crippen molar-refractivity contribution in [3.8, 4) is 0 Å². The van der Waals surface area contributed by atoms with Crippen LogP contribution in [0, 0.1) is 0 Å². The summed E-state index contributed by atoms with van der Waals surface area (Å²) in [6, 6.07) is -0.964. The average molecular weight is 191 g/mol. The molecule has 0 amide bonds. The first-order valence-electron chi connectivity index (χ1n) is 4.91. The van der Waals surface area contributed by atoms with Gasteiger partial charge in [0.2, 0.25) is 0 Å². The maximum absolute atomic E-state index is 8.67. The van der Waals surface area contributed by atoms with Crippen LogP contribution in [-0.4, -0.2) is 27.3 Å². The topological polar surface area (TPSA) is 86.7 Å². The lowest BCUT2D eigenvalue weighted by molar-refractivity contribution is -0.323. The van der Waals surface area contributed by atoms with E-state index < -0.39 is 12.0 Å². The first kappa shape index (κ1) is 12.8. The van der Waals surface area contributed by atoms with Gasteiger partial charge in [0.1, 0.15) is 0 Å². The quantitative estimate of drug-likeness (QED) is 0.344. The SMILES string of the molecule is CCCCCCCC(N)C(O)(O)O. The Labute approximate surface area is 79.4 Å².